The second kappa shape index (κ2) is 9.43. The number of Topliss-reactive ketones (excluding diaryl/α,β-unsaturated/α-hetero) is 1. The number of carbonyl (C=O) groups excluding carboxylic acids is 1. The number of ether oxygens (including phenoxy) is 2. The minimum atomic E-state index is -0.718. The van der Waals surface area contributed by atoms with Crippen molar-refractivity contribution in [3.8, 4) is 11.5 Å². The number of nitrogens with one attached hydrogen (secondary N) is 1. The summed E-state index contributed by atoms with van der Waals surface area (Å²) in [5, 5.41) is 32.5. The van der Waals surface area contributed by atoms with E-state index in [0.29, 0.717) is 64.4 Å². The molecule has 39 heavy (non-hydrogen) atoms. The molecule has 1 aliphatic carbocycles. The molecule has 0 fully saturated rings. The number of amidine groups is 1. The van der Waals surface area contributed by atoms with Gasteiger partial charge in [0, 0.05) is 46.9 Å². The number of carbonyl (C=O) groups is 1. The lowest BCUT2D eigenvalue weighted by Gasteiger charge is -2.42. The lowest BCUT2D eigenvalue weighted by Crippen LogP contribution is -2.42. The molecule has 0 amide bonds. The Balaban J connectivity index is 1.64. The predicted octanol–water partition coefficient (Wildman–Crippen LogP) is 6.19. The lowest BCUT2D eigenvalue weighted by atomic mass is 9.73. The SMILES string of the molecule is Cc1cc([N+](=O)[O-])ccc1N1C(=N)/C(=C(/O)c2ccccc2)[C@H](c2ccc3c(c2)OCO3)C2=C1CCCC2=O. The molecule has 2 N–H and O–H groups in total. The summed E-state index contributed by atoms with van der Waals surface area (Å²) in [6.07, 6.45) is 1.51. The van der Waals surface area contributed by atoms with E-state index in [1.807, 2.05) is 12.1 Å². The van der Waals surface area contributed by atoms with Gasteiger partial charge in [-0.05, 0) is 49.1 Å². The van der Waals surface area contributed by atoms with Crippen molar-refractivity contribution in [1.29, 1.82) is 5.41 Å². The van der Waals surface area contributed by atoms with Crippen LogP contribution >= 0.6 is 0 Å². The number of rotatable bonds is 4. The summed E-state index contributed by atoms with van der Waals surface area (Å²) in [5.74, 6) is 0.243. The average molecular weight is 524 g/mol. The number of ketones is 1. The van der Waals surface area contributed by atoms with E-state index in [4.69, 9.17) is 9.47 Å². The van der Waals surface area contributed by atoms with Crippen molar-refractivity contribution in [1.82, 2.24) is 0 Å². The van der Waals surface area contributed by atoms with Crippen LogP contribution in [0.5, 0.6) is 11.5 Å². The van der Waals surface area contributed by atoms with Gasteiger partial charge in [-0.2, -0.15) is 0 Å². The van der Waals surface area contributed by atoms with Crippen LogP contribution < -0.4 is 14.4 Å². The third-order valence-electron chi connectivity index (χ3n) is 7.42. The third kappa shape index (κ3) is 4.03. The summed E-state index contributed by atoms with van der Waals surface area (Å²) in [4.78, 5) is 26.3. The normalized spacial score (nSPS) is 19.7. The van der Waals surface area contributed by atoms with Crippen LogP contribution in [0.2, 0.25) is 0 Å². The minimum absolute atomic E-state index is 0.00410. The molecular weight excluding hydrogens is 498 g/mol. The van der Waals surface area contributed by atoms with Crippen LogP contribution in [0.15, 0.2) is 83.6 Å². The molecule has 2 aliphatic heterocycles. The Bertz CT molecular complexity index is 1610. The number of nitro groups is 1. The summed E-state index contributed by atoms with van der Waals surface area (Å²) >= 11 is 0. The molecule has 3 aliphatic rings. The summed E-state index contributed by atoms with van der Waals surface area (Å²) in [5.41, 5.74) is 3.72. The zero-order chi connectivity index (χ0) is 27.3. The highest BCUT2D eigenvalue weighted by Crippen LogP contribution is 2.49. The molecule has 2 heterocycles. The molecule has 3 aromatic rings. The number of nitrogens with zero attached hydrogens (tertiary/aromatic N) is 2. The molecular formula is C30H25N3O6. The number of hydrogen-bond donors (Lipinski definition) is 2. The van der Waals surface area contributed by atoms with E-state index >= 15 is 0 Å². The largest absolute Gasteiger partial charge is 0.507 e. The number of aliphatic hydroxyl groups excluding tert-OH is 1. The van der Waals surface area contributed by atoms with Gasteiger partial charge in [0.15, 0.2) is 17.3 Å². The summed E-state index contributed by atoms with van der Waals surface area (Å²) < 4.78 is 11.1. The van der Waals surface area contributed by atoms with Gasteiger partial charge in [-0.1, -0.05) is 36.4 Å². The van der Waals surface area contributed by atoms with Crippen molar-refractivity contribution in [3.63, 3.8) is 0 Å². The van der Waals surface area contributed by atoms with Crippen molar-refractivity contribution < 1.29 is 24.3 Å². The zero-order valence-corrected chi connectivity index (χ0v) is 21.1. The number of nitro benzene ring substituents is 1. The number of fused-ring (bicyclic) bond motifs is 1. The van der Waals surface area contributed by atoms with Gasteiger partial charge in [-0.3, -0.25) is 25.2 Å². The van der Waals surface area contributed by atoms with Gasteiger partial charge < -0.3 is 14.6 Å². The molecule has 0 spiro atoms. The number of aliphatic hydroxyl groups is 1. The number of allylic oxidation sites excluding steroid dienone is 2. The van der Waals surface area contributed by atoms with Gasteiger partial charge in [-0.25, -0.2) is 0 Å². The molecule has 0 bridgehead atoms. The first-order valence-corrected chi connectivity index (χ1v) is 12.6. The van der Waals surface area contributed by atoms with Crippen LogP contribution in [-0.4, -0.2) is 28.4 Å². The third-order valence-corrected chi connectivity index (χ3v) is 7.42. The highest BCUT2D eigenvalue weighted by atomic mass is 16.7. The van der Waals surface area contributed by atoms with Crippen LogP contribution in [0.1, 0.15) is 41.9 Å². The predicted molar refractivity (Wildman–Crippen MR) is 145 cm³/mol. The Morgan fingerprint density at radius 3 is 2.56 bits per heavy atom. The Morgan fingerprint density at radius 1 is 1.05 bits per heavy atom. The fourth-order valence-corrected chi connectivity index (χ4v) is 5.64. The smallest absolute Gasteiger partial charge is 0.269 e. The maximum Gasteiger partial charge on any atom is 0.269 e. The van der Waals surface area contributed by atoms with Crippen LogP contribution in [0.25, 0.3) is 5.76 Å². The van der Waals surface area contributed by atoms with Crippen molar-refractivity contribution in [3.05, 3.63) is 110 Å². The number of anilines is 1. The maximum absolute atomic E-state index is 13.7. The molecule has 0 aromatic heterocycles. The first kappa shape index (κ1) is 24.4. The van der Waals surface area contributed by atoms with E-state index in [2.05, 4.69) is 0 Å². The number of aryl methyl sites for hydroxylation is 1. The van der Waals surface area contributed by atoms with Gasteiger partial charge in [-0.15, -0.1) is 0 Å². The molecule has 196 valence electrons. The molecule has 1 atom stereocenters. The molecule has 9 nitrogen and oxygen atoms in total. The van der Waals surface area contributed by atoms with E-state index < -0.39 is 10.8 Å². The zero-order valence-electron chi connectivity index (χ0n) is 21.1. The number of non-ortho nitro benzene ring substituents is 1. The minimum Gasteiger partial charge on any atom is -0.507 e. The van der Waals surface area contributed by atoms with Crippen molar-refractivity contribution in [2.75, 3.05) is 11.7 Å². The standard InChI is InChI=1S/C30H25N3O6/c1-17-14-20(33(36)37)11-12-21(17)32-22-8-5-9-23(34)27(22)26(19-10-13-24-25(15-19)39-16-38-24)28(30(32)31)29(35)18-6-3-2-4-7-18/h2-4,6-7,10-15,26,31,35H,5,8-9,16H2,1H3/b29-28+,31-30?/t26-/m1/s1. The van der Waals surface area contributed by atoms with Crippen LogP contribution in [-0.2, 0) is 4.79 Å². The van der Waals surface area contributed by atoms with Gasteiger partial charge >= 0.3 is 0 Å². The molecule has 3 aromatic carbocycles. The average Bonchev–Trinajstić information content (AvgIpc) is 3.41. The maximum atomic E-state index is 13.7. The highest BCUT2D eigenvalue weighted by molar-refractivity contribution is 6.20. The number of hydrogen-bond acceptors (Lipinski definition) is 7. The highest BCUT2D eigenvalue weighted by Gasteiger charge is 2.44. The fourth-order valence-electron chi connectivity index (χ4n) is 5.64. The van der Waals surface area contributed by atoms with Gasteiger partial charge in [0.1, 0.15) is 11.6 Å². The van der Waals surface area contributed by atoms with Gasteiger partial charge in [0.2, 0.25) is 6.79 Å². The van der Waals surface area contributed by atoms with Crippen molar-refractivity contribution >= 4 is 28.8 Å². The van der Waals surface area contributed by atoms with Crippen molar-refractivity contribution in [2.45, 2.75) is 32.1 Å². The summed E-state index contributed by atoms with van der Waals surface area (Å²) in [7, 11) is 0. The Hall–Kier alpha value is -4.92. The second-order valence-electron chi connectivity index (χ2n) is 9.72. The second-order valence-corrected chi connectivity index (χ2v) is 9.72. The van der Waals surface area contributed by atoms with E-state index in [0.717, 1.165) is 0 Å². The topological polar surface area (TPSA) is 126 Å². The Morgan fingerprint density at radius 2 is 1.82 bits per heavy atom. The first-order valence-electron chi connectivity index (χ1n) is 12.6. The summed E-state index contributed by atoms with van der Waals surface area (Å²) in [6.45, 7) is 1.84. The van der Waals surface area contributed by atoms with Crippen LogP contribution in [0.3, 0.4) is 0 Å². The molecule has 9 heteroatoms. The lowest BCUT2D eigenvalue weighted by molar-refractivity contribution is -0.384. The van der Waals surface area contributed by atoms with Crippen LogP contribution in [0.4, 0.5) is 11.4 Å². The monoisotopic (exact) mass is 523 g/mol. The van der Waals surface area contributed by atoms with E-state index in [-0.39, 0.29) is 35.4 Å². The van der Waals surface area contributed by atoms with E-state index in [1.54, 1.807) is 54.3 Å². The molecule has 6 rings (SSSR count). The van der Waals surface area contributed by atoms with Gasteiger partial charge in [0.05, 0.1) is 10.6 Å². The van der Waals surface area contributed by atoms with Gasteiger partial charge in [0.25, 0.3) is 5.69 Å². The quantitative estimate of drug-likeness (QED) is 0.237. The molecule has 0 radical (unpaired) electrons. The fraction of sp³-hybridized carbons (Fsp3) is 0.200. The number of benzene rings is 3. The summed E-state index contributed by atoms with van der Waals surface area (Å²) in [6, 6.07) is 18.8. The van der Waals surface area contributed by atoms with Crippen LogP contribution in [0, 0.1) is 22.4 Å². The molecule has 0 saturated heterocycles. The Kier molecular flexibility index (Phi) is 5.91. The molecule has 0 saturated carbocycles. The van der Waals surface area contributed by atoms with E-state index in [1.165, 1.54) is 12.1 Å². The van der Waals surface area contributed by atoms with Crippen molar-refractivity contribution in [2.24, 2.45) is 0 Å². The molecule has 0 unspecified atom stereocenters. The first-order chi connectivity index (χ1) is 18.8. The Labute approximate surface area is 224 Å². The van der Waals surface area contributed by atoms with E-state index in [9.17, 15) is 25.4 Å².